The molecule has 3 aromatic carbocycles. The Morgan fingerprint density at radius 1 is 1.06 bits per heavy atom. The molecule has 0 aliphatic rings. The number of nitrogens with one attached hydrogen (secondary N) is 2. The third kappa shape index (κ3) is 5.85. The van der Waals surface area contributed by atoms with Crippen molar-refractivity contribution in [2.45, 2.75) is 18.4 Å². The number of halogens is 1. The van der Waals surface area contributed by atoms with Crippen molar-refractivity contribution in [2.75, 3.05) is 11.3 Å². The Kier molecular flexibility index (Phi) is 7.11. The first-order valence-electron chi connectivity index (χ1n) is 10.8. The Labute approximate surface area is 202 Å². The highest BCUT2D eigenvalue weighted by atomic mass is 32.2. The molecule has 0 spiro atoms. The molecule has 8 nitrogen and oxygen atoms in total. The molecule has 0 unspecified atom stereocenters. The molecule has 0 bridgehead atoms. The van der Waals surface area contributed by atoms with Crippen LogP contribution < -0.4 is 14.8 Å². The predicted molar refractivity (Wildman–Crippen MR) is 130 cm³/mol. The van der Waals surface area contributed by atoms with Crippen molar-refractivity contribution in [3.8, 4) is 11.4 Å². The normalized spacial score (nSPS) is 11.1. The van der Waals surface area contributed by atoms with Crippen LogP contribution in [0.2, 0.25) is 0 Å². The second-order valence-electron chi connectivity index (χ2n) is 7.53. The standard InChI is InChI=1S/C25H23FN4O4S/c1-2-34-21-8-10-22(11-9-21)35(32,33)29-20-6-4-19(5-7-20)25(31)28-16-18-3-12-24(23(26)15-18)30-14-13-27-17-30/h3-15,17,29H,2,16H2,1H3,(H,28,31). The van der Waals surface area contributed by atoms with Crippen LogP contribution in [0.25, 0.3) is 5.69 Å². The van der Waals surface area contributed by atoms with Gasteiger partial charge in [0.2, 0.25) is 0 Å². The van der Waals surface area contributed by atoms with Gasteiger partial charge < -0.3 is 14.6 Å². The quantitative estimate of drug-likeness (QED) is 0.364. The minimum atomic E-state index is -3.80. The Morgan fingerprint density at radius 2 is 1.80 bits per heavy atom. The maximum absolute atomic E-state index is 14.4. The van der Waals surface area contributed by atoms with Gasteiger partial charge in [0.05, 0.1) is 23.5 Å². The van der Waals surface area contributed by atoms with Gasteiger partial charge in [0, 0.05) is 30.2 Å². The molecular formula is C25H23FN4O4S. The summed E-state index contributed by atoms with van der Waals surface area (Å²) in [6, 6.07) is 16.8. The molecule has 1 aromatic heterocycles. The fraction of sp³-hybridized carbons (Fsp3) is 0.120. The molecule has 1 amide bonds. The smallest absolute Gasteiger partial charge is 0.261 e. The summed E-state index contributed by atoms with van der Waals surface area (Å²) in [6.45, 7) is 2.46. The van der Waals surface area contributed by atoms with Crippen LogP contribution in [0.5, 0.6) is 5.75 Å². The molecule has 0 saturated carbocycles. The van der Waals surface area contributed by atoms with E-state index < -0.39 is 15.8 Å². The van der Waals surface area contributed by atoms with Crippen LogP contribution in [0.15, 0.2) is 90.3 Å². The first kappa shape index (κ1) is 24.0. The number of hydrogen-bond donors (Lipinski definition) is 2. The van der Waals surface area contributed by atoms with Gasteiger partial charge in [0.25, 0.3) is 15.9 Å². The number of imidazole rings is 1. The van der Waals surface area contributed by atoms with Crippen molar-refractivity contribution in [1.29, 1.82) is 0 Å². The van der Waals surface area contributed by atoms with Gasteiger partial charge in [0.15, 0.2) is 0 Å². The maximum Gasteiger partial charge on any atom is 0.261 e. The second kappa shape index (κ2) is 10.4. The van der Waals surface area contributed by atoms with Crippen molar-refractivity contribution in [3.63, 3.8) is 0 Å². The summed E-state index contributed by atoms with van der Waals surface area (Å²) < 4.78 is 49.0. The molecule has 0 radical (unpaired) electrons. The molecule has 0 atom stereocenters. The molecular weight excluding hydrogens is 471 g/mol. The summed E-state index contributed by atoms with van der Waals surface area (Å²) in [6.07, 6.45) is 4.70. The summed E-state index contributed by atoms with van der Waals surface area (Å²) in [4.78, 5) is 16.5. The van der Waals surface area contributed by atoms with E-state index in [2.05, 4.69) is 15.0 Å². The van der Waals surface area contributed by atoms with Crippen LogP contribution in [0.3, 0.4) is 0 Å². The van der Waals surface area contributed by atoms with E-state index in [4.69, 9.17) is 4.74 Å². The number of nitrogens with zero attached hydrogens (tertiary/aromatic N) is 2. The lowest BCUT2D eigenvalue weighted by atomic mass is 10.1. The van der Waals surface area contributed by atoms with Crippen molar-refractivity contribution >= 4 is 21.6 Å². The SMILES string of the molecule is CCOc1ccc(S(=O)(=O)Nc2ccc(C(=O)NCc3ccc(-n4ccnc4)c(F)c3)cc2)cc1. The molecule has 2 N–H and O–H groups in total. The number of ether oxygens (including phenoxy) is 1. The lowest BCUT2D eigenvalue weighted by molar-refractivity contribution is 0.0951. The lowest BCUT2D eigenvalue weighted by Gasteiger charge is -2.11. The molecule has 0 aliphatic heterocycles. The minimum absolute atomic E-state index is 0.0917. The molecule has 35 heavy (non-hydrogen) atoms. The van der Waals surface area contributed by atoms with Gasteiger partial charge in [-0.05, 0) is 73.2 Å². The zero-order valence-corrected chi connectivity index (χ0v) is 19.6. The molecule has 180 valence electrons. The van der Waals surface area contributed by atoms with Gasteiger partial charge in [-0.25, -0.2) is 17.8 Å². The van der Waals surface area contributed by atoms with E-state index in [9.17, 15) is 17.6 Å². The first-order valence-corrected chi connectivity index (χ1v) is 12.2. The number of amides is 1. The summed E-state index contributed by atoms with van der Waals surface area (Å²) >= 11 is 0. The number of carbonyl (C=O) groups excluding carboxylic acids is 1. The predicted octanol–water partition coefficient (Wildman–Crippen LogP) is 4.14. The van der Waals surface area contributed by atoms with Gasteiger partial charge in [0.1, 0.15) is 11.6 Å². The summed E-state index contributed by atoms with van der Waals surface area (Å²) in [7, 11) is -3.80. The number of anilines is 1. The molecule has 0 aliphatic carbocycles. The largest absolute Gasteiger partial charge is 0.494 e. The minimum Gasteiger partial charge on any atom is -0.494 e. The number of benzene rings is 3. The molecule has 1 heterocycles. The third-order valence-corrected chi connectivity index (χ3v) is 6.49. The fourth-order valence-corrected chi connectivity index (χ4v) is 4.40. The highest BCUT2D eigenvalue weighted by molar-refractivity contribution is 7.92. The monoisotopic (exact) mass is 494 g/mol. The van der Waals surface area contributed by atoms with E-state index in [0.29, 0.717) is 34.9 Å². The van der Waals surface area contributed by atoms with Crippen LogP contribution in [-0.4, -0.2) is 30.5 Å². The average molecular weight is 495 g/mol. The van der Waals surface area contributed by atoms with Gasteiger partial charge in [-0.15, -0.1) is 0 Å². The van der Waals surface area contributed by atoms with E-state index in [-0.39, 0.29) is 17.3 Å². The van der Waals surface area contributed by atoms with Gasteiger partial charge >= 0.3 is 0 Å². The summed E-state index contributed by atoms with van der Waals surface area (Å²) in [5.41, 5.74) is 1.61. The molecule has 10 heteroatoms. The molecule has 0 saturated heterocycles. The lowest BCUT2D eigenvalue weighted by Crippen LogP contribution is -2.23. The number of sulfonamides is 1. The van der Waals surface area contributed by atoms with Crippen LogP contribution in [0.4, 0.5) is 10.1 Å². The van der Waals surface area contributed by atoms with Gasteiger partial charge in [-0.1, -0.05) is 6.07 Å². The number of rotatable bonds is 9. The van der Waals surface area contributed by atoms with E-state index in [0.717, 1.165) is 0 Å². The molecule has 4 rings (SSSR count). The van der Waals surface area contributed by atoms with Gasteiger partial charge in [-0.2, -0.15) is 0 Å². The Hall–Kier alpha value is -4.18. The first-order chi connectivity index (χ1) is 16.9. The van der Waals surface area contributed by atoms with E-state index in [1.807, 2.05) is 6.92 Å². The molecule has 0 fully saturated rings. The number of aromatic nitrogens is 2. The van der Waals surface area contributed by atoms with E-state index >= 15 is 0 Å². The van der Waals surface area contributed by atoms with Crippen molar-refractivity contribution in [3.05, 3.63) is 102 Å². The van der Waals surface area contributed by atoms with Gasteiger partial charge in [-0.3, -0.25) is 9.52 Å². The maximum atomic E-state index is 14.4. The van der Waals surface area contributed by atoms with Crippen LogP contribution in [0.1, 0.15) is 22.8 Å². The summed E-state index contributed by atoms with van der Waals surface area (Å²) in [5, 5.41) is 2.73. The Bertz CT molecular complexity index is 1410. The average Bonchev–Trinajstić information content (AvgIpc) is 3.38. The number of hydrogen-bond acceptors (Lipinski definition) is 5. The third-order valence-electron chi connectivity index (χ3n) is 5.09. The van der Waals surface area contributed by atoms with Crippen LogP contribution in [0, 0.1) is 5.82 Å². The van der Waals surface area contributed by atoms with Crippen LogP contribution >= 0.6 is 0 Å². The Balaban J connectivity index is 1.36. The van der Waals surface area contributed by atoms with Crippen LogP contribution in [-0.2, 0) is 16.6 Å². The van der Waals surface area contributed by atoms with E-state index in [1.54, 1.807) is 41.2 Å². The van der Waals surface area contributed by atoms with E-state index in [1.165, 1.54) is 48.8 Å². The Morgan fingerprint density at radius 3 is 2.43 bits per heavy atom. The highest BCUT2D eigenvalue weighted by Crippen LogP contribution is 2.20. The van der Waals surface area contributed by atoms with Crippen molar-refractivity contribution in [2.24, 2.45) is 0 Å². The summed E-state index contributed by atoms with van der Waals surface area (Å²) in [5.74, 6) is -0.220. The zero-order chi connectivity index (χ0) is 24.8. The second-order valence-corrected chi connectivity index (χ2v) is 9.21. The number of carbonyl (C=O) groups is 1. The highest BCUT2D eigenvalue weighted by Gasteiger charge is 2.15. The topological polar surface area (TPSA) is 102 Å². The van der Waals surface area contributed by atoms with Crippen molar-refractivity contribution < 1.29 is 22.3 Å². The molecule has 4 aromatic rings. The zero-order valence-electron chi connectivity index (χ0n) is 18.8. The fourth-order valence-electron chi connectivity index (χ4n) is 3.34. The van der Waals surface area contributed by atoms with Crippen molar-refractivity contribution in [1.82, 2.24) is 14.9 Å².